The Labute approximate surface area is 121 Å². The van der Waals surface area contributed by atoms with Crippen molar-refractivity contribution in [3.63, 3.8) is 0 Å². The molecule has 0 saturated heterocycles. The zero-order valence-electron chi connectivity index (χ0n) is 10.7. The van der Waals surface area contributed by atoms with E-state index in [0.29, 0.717) is 13.2 Å². The van der Waals surface area contributed by atoms with Crippen molar-refractivity contribution in [3.05, 3.63) is 42.0 Å². The number of ether oxygens (including phenoxy) is 2. The van der Waals surface area contributed by atoms with Crippen molar-refractivity contribution < 1.29 is 13.7 Å². The summed E-state index contributed by atoms with van der Waals surface area (Å²) in [4.78, 5) is 0. The number of nitrogens with one attached hydrogen (secondary N) is 1. The molecule has 0 unspecified atom stereocenters. The van der Waals surface area contributed by atoms with Gasteiger partial charge in [-0.25, -0.2) is 4.72 Å². The SMILES string of the molecule is c1cc2c(c(-c3ccc4c(c3)OCCO4)c1)OSNC2. The van der Waals surface area contributed by atoms with E-state index in [1.165, 1.54) is 12.2 Å². The van der Waals surface area contributed by atoms with Crippen molar-refractivity contribution in [3.8, 4) is 28.4 Å². The Kier molecular flexibility index (Phi) is 2.94. The number of rotatable bonds is 1. The zero-order valence-corrected chi connectivity index (χ0v) is 11.5. The predicted octanol–water partition coefficient (Wildman–Crippen LogP) is 3.17. The normalized spacial score (nSPS) is 16.2. The fraction of sp³-hybridized carbons (Fsp3) is 0.200. The van der Waals surface area contributed by atoms with Crippen molar-refractivity contribution in [1.82, 2.24) is 4.72 Å². The summed E-state index contributed by atoms with van der Waals surface area (Å²) in [5.74, 6) is 2.53. The maximum absolute atomic E-state index is 5.69. The molecule has 0 bridgehead atoms. The molecule has 102 valence electrons. The van der Waals surface area contributed by atoms with Crippen LogP contribution in [0.1, 0.15) is 5.56 Å². The van der Waals surface area contributed by atoms with Crippen LogP contribution in [-0.2, 0) is 6.54 Å². The summed E-state index contributed by atoms with van der Waals surface area (Å²) < 4.78 is 20.0. The van der Waals surface area contributed by atoms with E-state index in [4.69, 9.17) is 13.7 Å². The number of hydrogen-bond acceptors (Lipinski definition) is 5. The molecule has 2 heterocycles. The summed E-state index contributed by atoms with van der Waals surface area (Å²) >= 11 is 1.27. The van der Waals surface area contributed by atoms with Gasteiger partial charge in [0.2, 0.25) is 0 Å². The average Bonchev–Trinajstić information content (AvgIpc) is 2.54. The molecule has 2 aromatic rings. The smallest absolute Gasteiger partial charge is 0.161 e. The summed E-state index contributed by atoms with van der Waals surface area (Å²) in [7, 11) is 0. The fourth-order valence-corrected chi connectivity index (χ4v) is 2.99. The van der Waals surface area contributed by atoms with Crippen molar-refractivity contribution in [2.75, 3.05) is 13.2 Å². The molecule has 0 fully saturated rings. The highest BCUT2D eigenvalue weighted by atomic mass is 32.2. The summed E-state index contributed by atoms with van der Waals surface area (Å²) in [5, 5.41) is 0. The Morgan fingerprint density at radius 2 is 1.90 bits per heavy atom. The van der Waals surface area contributed by atoms with Gasteiger partial charge in [-0.3, -0.25) is 0 Å². The summed E-state index contributed by atoms with van der Waals surface area (Å²) in [6.07, 6.45) is 0. The molecule has 0 aromatic heterocycles. The maximum atomic E-state index is 5.69. The first kappa shape index (κ1) is 11.9. The van der Waals surface area contributed by atoms with Gasteiger partial charge in [-0.05, 0) is 17.7 Å². The molecule has 2 aliphatic heterocycles. The number of para-hydroxylation sites is 1. The molecule has 4 nitrogen and oxygen atoms in total. The molecule has 0 atom stereocenters. The van der Waals surface area contributed by atoms with Crippen molar-refractivity contribution in [2.45, 2.75) is 6.54 Å². The minimum atomic E-state index is 0.597. The Bertz CT molecular complexity index is 660. The first-order chi connectivity index (χ1) is 9.92. The maximum Gasteiger partial charge on any atom is 0.161 e. The van der Waals surface area contributed by atoms with Gasteiger partial charge in [0.1, 0.15) is 25.4 Å². The first-order valence-corrected chi connectivity index (χ1v) is 7.24. The van der Waals surface area contributed by atoms with E-state index in [-0.39, 0.29) is 0 Å². The highest BCUT2D eigenvalue weighted by Gasteiger charge is 2.18. The molecule has 20 heavy (non-hydrogen) atoms. The van der Waals surface area contributed by atoms with Crippen LogP contribution < -0.4 is 18.4 Å². The van der Waals surface area contributed by atoms with Gasteiger partial charge in [-0.2, -0.15) is 0 Å². The molecule has 1 N–H and O–H groups in total. The van der Waals surface area contributed by atoms with Crippen molar-refractivity contribution >= 4 is 12.2 Å². The second kappa shape index (κ2) is 4.92. The predicted molar refractivity (Wildman–Crippen MR) is 77.9 cm³/mol. The van der Waals surface area contributed by atoms with E-state index in [9.17, 15) is 0 Å². The summed E-state index contributed by atoms with van der Waals surface area (Å²) in [6, 6.07) is 12.2. The molecule has 0 amide bonds. The van der Waals surface area contributed by atoms with Gasteiger partial charge in [0.05, 0.1) is 0 Å². The molecule has 0 saturated carbocycles. The second-order valence-corrected chi connectivity index (χ2v) is 5.26. The second-order valence-electron chi connectivity index (χ2n) is 4.64. The van der Waals surface area contributed by atoms with Gasteiger partial charge in [0.15, 0.2) is 17.2 Å². The molecule has 0 spiro atoms. The monoisotopic (exact) mass is 287 g/mol. The van der Waals surface area contributed by atoms with E-state index in [1.54, 1.807) is 0 Å². The molecular weight excluding hydrogens is 274 g/mol. The Balaban J connectivity index is 1.81. The van der Waals surface area contributed by atoms with Gasteiger partial charge >= 0.3 is 0 Å². The van der Waals surface area contributed by atoms with Crippen LogP contribution in [0.25, 0.3) is 11.1 Å². The van der Waals surface area contributed by atoms with Crippen LogP contribution in [0.2, 0.25) is 0 Å². The summed E-state index contributed by atoms with van der Waals surface area (Å²) in [6.45, 7) is 2.01. The van der Waals surface area contributed by atoms with Crippen LogP contribution in [0.5, 0.6) is 17.2 Å². The molecule has 4 rings (SSSR count). The third kappa shape index (κ3) is 1.99. The molecule has 2 aromatic carbocycles. The van der Waals surface area contributed by atoms with Crippen LogP contribution in [0.4, 0.5) is 0 Å². The fourth-order valence-electron chi connectivity index (χ4n) is 2.44. The van der Waals surface area contributed by atoms with Gasteiger partial charge in [-0.15, -0.1) is 0 Å². The van der Waals surface area contributed by atoms with E-state index in [2.05, 4.69) is 16.9 Å². The Morgan fingerprint density at radius 1 is 1.00 bits per heavy atom. The van der Waals surface area contributed by atoms with E-state index >= 15 is 0 Å². The van der Waals surface area contributed by atoms with Crippen LogP contribution >= 0.6 is 12.2 Å². The molecule has 5 heteroatoms. The van der Waals surface area contributed by atoms with Crippen molar-refractivity contribution in [1.29, 1.82) is 0 Å². The van der Waals surface area contributed by atoms with E-state index in [1.807, 2.05) is 24.3 Å². The molecule has 2 aliphatic rings. The van der Waals surface area contributed by atoms with Crippen LogP contribution in [0.3, 0.4) is 0 Å². The van der Waals surface area contributed by atoms with Gasteiger partial charge in [-0.1, -0.05) is 24.3 Å². The summed E-state index contributed by atoms with van der Waals surface area (Å²) in [5.41, 5.74) is 3.32. The molecule has 0 radical (unpaired) electrons. The zero-order chi connectivity index (χ0) is 13.4. The number of fused-ring (bicyclic) bond motifs is 2. The van der Waals surface area contributed by atoms with Gasteiger partial charge in [0, 0.05) is 17.7 Å². The van der Waals surface area contributed by atoms with Crippen LogP contribution in [0.15, 0.2) is 36.4 Å². The van der Waals surface area contributed by atoms with Crippen LogP contribution in [-0.4, -0.2) is 13.2 Å². The highest BCUT2D eigenvalue weighted by Crippen LogP contribution is 2.40. The lowest BCUT2D eigenvalue weighted by Gasteiger charge is -2.21. The van der Waals surface area contributed by atoms with Crippen LogP contribution in [0, 0.1) is 0 Å². The number of hydrogen-bond donors (Lipinski definition) is 1. The topological polar surface area (TPSA) is 39.7 Å². The highest BCUT2D eigenvalue weighted by molar-refractivity contribution is 7.93. The first-order valence-electron chi connectivity index (χ1n) is 6.50. The standard InChI is InChI=1S/C15H13NO3S/c1-2-11-9-16-20-19-15(11)12(3-1)10-4-5-13-14(8-10)18-7-6-17-13/h1-5,8,16H,6-7,9H2. The largest absolute Gasteiger partial charge is 0.486 e. The molecule has 0 aliphatic carbocycles. The van der Waals surface area contributed by atoms with E-state index < -0.39 is 0 Å². The molecular formula is C15H13NO3S. The van der Waals surface area contributed by atoms with Crippen molar-refractivity contribution in [2.24, 2.45) is 0 Å². The third-order valence-electron chi connectivity index (χ3n) is 3.40. The lowest BCUT2D eigenvalue weighted by atomic mass is 10.0. The Morgan fingerprint density at radius 3 is 2.85 bits per heavy atom. The van der Waals surface area contributed by atoms with Gasteiger partial charge in [0.25, 0.3) is 0 Å². The minimum absolute atomic E-state index is 0.597. The number of benzene rings is 2. The van der Waals surface area contributed by atoms with Gasteiger partial charge < -0.3 is 13.7 Å². The average molecular weight is 287 g/mol. The van der Waals surface area contributed by atoms with E-state index in [0.717, 1.165) is 40.5 Å². The minimum Gasteiger partial charge on any atom is -0.486 e. The lowest BCUT2D eigenvalue weighted by molar-refractivity contribution is 0.171. The Hall–Kier alpha value is -1.85. The third-order valence-corrected chi connectivity index (χ3v) is 3.91. The lowest BCUT2D eigenvalue weighted by Crippen LogP contribution is -2.15. The quantitative estimate of drug-likeness (QED) is 0.644.